The van der Waals surface area contributed by atoms with Crippen molar-refractivity contribution in [2.24, 2.45) is 0 Å². The second kappa shape index (κ2) is 8.89. The third-order valence-electron chi connectivity index (χ3n) is 2.96. The molecule has 3 N–H and O–H groups in total. The van der Waals surface area contributed by atoms with E-state index in [0.717, 1.165) is 10.0 Å². The first-order valence-electron chi connectivity index (χ1n) is 7.09. The number of halogens is 1. The highest BCUT2D eigenvalue weighted by Crippen LogP contribution is 2.11. The van der Waals surface area contributed by atoms with E-state index in [1.807, 2.05) is 18.2 Å². The molecule has 2 aromatic rings. The smallest absolute Gasteiger partial charge is 0.315 e. The maximum Gasteiger partial charge on any atom is 0.315 e. The summed E-state index contributed by atoms with van der Waals surface area (Å²) in [5.74, 6) is -0.177. The third-order valence-corrected chi connectivity index (χ3v) is 3.45. The van der Waals surface area contributed by atoms with Gasteiger partial charge in [-0.2, -0.15) is 0 Å². The van der Waals surface area contributed by atoms with Crippen LogP contribution in [0.5, 0.6) is 0 Å². The highest BCUT2D eigenvalue weighted by Gasteiger charge is 2.05. The van der Waals surface area contributed by atoms with Crippen LogP contribution in [-0.2, 0) is 6.54 Å². The molecule has 23 heavy (non-hydrogen) atoms. The van der Waals surface area contributed by atoms with Crippen LogP contribution in [0, 0.1) is 0 Å². The van der Waals surface area contributed by atoms with Gasteiger partial charge in [-0.3, -0.25) is 9.78 Å². The number of hydrogen-bond donors (Lipinski definition) is 3. The number of rotatable bonds is 6. The van der Waals surface area contributed by atoms with E-state index in [4.69, 9.17) is 0 Å². The molecule has 0 saturated carbocycles. The van der Waals surface area contributed by atoms with Crippen LogP contribution in [0.2, 0.25) is 0 Å². The molecule has 0 bridgehead atoms. The minimum absolute atomic E-state index is 0.177. The maximum atomic E-state index is 11.9. The van der Waals surface area contributed by atoms with Crippen LogP contribution in [-0.4, -0.2) is 30.0 Å². The first-order valence-corrected chi connectivity index (χ1v) is 7.89. The van der Waals surface area contributed by atoms with Gasteiger partial charge < -0.3 is 16.0 Å². The second-order valence-corrected chi connectivity index (χ2v) is 5.65. The van der Waals surface area contributed by atoms with Crippen molar-refractivity contribution in [2.75, 3.05) is 13.1 Å². The van der Waals surface area contributed by atoms with Crippen LogP contribution in [0.3, 0.4) is 0 Å². The van der Waals surface area contributed by atoms with E-state index in [1.165, 1.54) is 0 Å². The van der Waals surface area contributed by atoms with Crippen molar-refractivity contribution in [1.29, 1.82) is 0 Å². The molecule has 0 atom stereocenters. The molecule has 7 heteroatoms. The number of benzene rings is 1. The average molecular weight is 377 g/mol. The number of urea groups is 1. The molecule has 120 valence electrons. The van der Waals surface area contributed by atoms with Crippen LogP contribution < -0.4 is 16.0 Å². The number of nitrogens with one attached hydrogen (secondary N) is 3. The summed E-state index contributed by atoms with van der Waals surface area (Å²) >= 11 is 3.32. The number of hydrogen-bond acceptors (Lipinski definition) is 3. The molecule has 0 unspecified atom stereocenters. The monoisotopic (exact) mass is 376 g/mol. The molecule has 3 amide bonds. The van der Waals surface area contributed by atoms with E-state index in [0.29, 0.717) is 25.2 Å². The first kappa shape index (κ1) is 17.0. The van der Waals surface area contributed by atoms with Crippen molar-refractivity contribution in [3.8, 4) is 0 Å². The Morgan fingerprint density at radius 1 is 1.04 bits per heavy atom. The quantitative estimate of drug-likeness (QED) is 0.674. The fraction of sp³-hybridized carbons (Fsp3) is 0.188. The summed E-state index contributed by atoms with van der Waals surface area (Å²) in [6, 6.07) is 10.5. The fourth-order valence-electron chi connectivity index (χ4n) is 1.83. The van der Waals surface area contributed by atoms with Gasteiger partial charge in [0.15, 0.2) is 0 Å². The molecule has 0 aliphatic heterocycles. The standard InChI is InChI=1S/C16H17BrN4O2/c17-14-5-1-4-13(9-14)15(22)19-7-8-20-16(23)21-11-12-3-2-6-18-10-12/h1-6,9-10H,7-8,11H2,(H,19,22)(H2,20,21,23). The summed E-state index contributed by atoms with van der Waals surface area (Å²) in [5, 5.41) is 8.14. The molecular weight excluding hydrogens is 360 g/mol. The molecule has 0 saturated heterocycles. The Morgan fingerprint density at radius 3 is 2.61 bits per heavy atom. The summed E-state index contributed by atoms with van der Waals surface area (Å²) in [6.45, 7) is 1.11. The van der Waals surface area contributed by atoms with Gasteiger partial charge in [0.05, 0.1) is 0 Å². The van der Waals surface area contributed by atoms with Gasteiger partial charge in [0.1, 0.15) is 0 Å². The van der Waals surface area contributed by atoms with Gasteiger partial charge in [0.2, 0.25) is 0 Å². The highest BCUT2D eigenvalue weighted by molar-refractivity contribution is 9.10. The minimum Gasteiger partial charge on any atom is -0.350 e. The molecule has 1 aromatic carbocycles. The lowest BCUT2D eigenvalue weighted by molar-refractivity contribution is 0.0953. The van der Waals surface area contributed by atoms with Crippen molar-refractivity contribution < 1.29 is 9.59 Å². The van der Waals surface area contributed by atoms with Gasteiger partial charge in [-0.1, -0.05) is 28.1 Å². The summed E-state index contributed by atoms with van der Waals surface area (Å²) in [6.07, 6.45) is 3.37. The molecule has 0 aliphatic rings. The largest absolute Gasteiger partial charge is 0.350 e. The van der Waals surface area contributed by atoms with Gasteiger partial charge in [-0.25, -0.2) is 4.79 Å². The van der Waals surface area contributed by atoms with E-state index in [1.54, 1.807) is 30.6 Å². The van der Waals surface area contributed by atoms with E-state index in [9.17, 15) is 9.59 Å². The van der Waals surface area contributed by atoms with Crippen molar-refractivity contribution in [3.63, 3.8) is 0 Å². The Bertz CT molecular complexity index is 664. The molecule has 0 spiro atoms. The molecule has 0 radical (unpaired) electrons. The minimum atomic E-state index is -0.287. The van der Waals surface area contributed by atoms with E-state index < -0.39 is 0 Å². The van der Waals surface area contributed by atoms with E-state index >= 15 is 0 Å². The lowest BCUT2D eigenvalue weighted by Crippen LogP contribution is -2.40. The summed E-state index contributed by atoms with van der Waals surface area (Å²) < 4.78 is 0.845. The molecule has 1 heterocycles. The van der Waals surface area contributed by atoms with Gasteiger partial charge in [0, 0.05) is 42.1 Å². The Hall–Kier alpha value is -2.41. The summed E-state index contributed by atoms with van der Waals surface area (Å²) in [5.41, 5.74) is 1.49. The lowest BCUT2D eigenvalue weighted by atomic mass is 10.2. The van der Waals surface area contributed by atoms with Crippen LogP contribution in [0.15, 0.2) is 53.3 Å². The normalized spacial score (nSPS) is 9.96. The van der Waals surface area contributed by atoms with Gasteiger partial charge in [0.25, 0.3) is 5.91 Å². The predicted octanol–water partition coefficient (Wildman–Crippen LogP) is 2.07. The Morgan fingerprint density at radius 2 is 1.87 bits per heavy atom. The van der Waals surface area contributed by atoms with Crippen LogP contribution in [0.25, 0.3) is 0 Å². The highest BCUT2D eigenvalue weighted by atomic mass is 79.9. The van der Waals surface area contributed by atoms with Crippen LogP contribution in [0.4, 0.5) is 4.79 Å². The number of amides is 3. The molecule has 0 fully saturated rings. The number of carbonyl (C=O) groups excluding carboxylic acids is 2. The second-order valence-electron chi connectivity index (χ2n) is 4.74. The fourth-order valence-corrected chi connectivity index (χ4v) is 2.23. The van der Waals surface area contributed by atoms with Crippen molar-refractivity contribution in [1.82, 2.24) is 20.9 Å². The average Bonchev–Trinajstić information content (AvgIpc) is 2.57. The van der Waals surface area contributed by atoms with Crippen molar-refractivity contribution in [3.05, 3.63) is 64.4 Å². The summed E-state index contributed by atoms with van der Waals surface area (Å²) in [7, 11) is 0. The molecule has 0 aliphatic carbocycles. The zero-order valence-corrected chi connectivity index (χ0v) is 14.0. The molecule has 6 nitrogen and oxygen atoms in total. The SMILES string of the molecule is O=C(NCCNC(=O)c1cccc(Br)c1)NCc1cccnc1. The molecule has 1 aromatic heterocycles. The Kier molecular flexibility index (Phi) is 6.56. The van der Waals surface area contributed by atoms with E-state index in [-0.39, 0.29) is 11.9 Å². The Labute approximate surface area is 142 Å². The van der Waals surface area contributed by atoms with Crippen molar-refractivity contribution >= 4 is 27.9 Å². The predicted molar refractivity (Wildman–Crippen MR) is 91.0 cm³/mol. The zero-order chi connectivity index (χ0) is 16.5. The topological polar surface area (TPSA) is 83.1 Å². The van der Waals surface area contributed by atoms with Gasteiger partial charge >= 0.3 is 6.03 Å². The maximum absolute atomic E-state index is 11.9. The molecule has 2 rings (SSSR count). The Balaban J connectivity index is 1.63. The van der Waals surface area contributed by atoms with Crippen LogP contribution in [0.1, 0.15) is 15.9 Å². The third kappa shape index (κ3) is 6.07. The number of carbonyl (C=O) groups is 2. The number of nitrogens with zero attached hydrogens (tertiary/aromatic N) is 1. The lowest BCUT2D eigenvalue weighted by Gasteiger charge is -2.09. The summed E-state index contributed by atoms with van der Waals surface area (Å²) in [4.78, 5) is 27.5. The zero-order valence-electron chi connectivity index (χ0n) is 12.4. The van der Waals surface area contributed by atoms with E-state index in [2.05, 4.69) is 36.9 Å². The van der Waals surface area contributed by atoms with Crippen molar-refractivity contribution in [2.45, 2.75) is 6.54 Å². The number of pyridine rings is 1. The van der Waals surface area contributed by atoms with Crippen LogP contribution >= 0.6 is 15.9 Å². The van der Waals surface area contributed by atoms with Gasteiger partial charge in [-0.15, -0.1) is 0 Å². The first-order chi connectivity index (χ1) is 11.1. The van der Waals surface area contributed by atoms with Gasteiger partial charge in [-0.05, 0) is 29.8 Å². The number of aromatic nitrogens is 1. The molecular formula is C16H17BrN4O2.